The van der Waals surface area contributed by atoms with Crippen LogP contribution in [0.3, 0.4) is 0 Å². The minimum atomic E-state index is -0.163. The zero-order valence-electron chi connectivity index (χ0n) is 10.9. The molecule has 1 heterocycles. The Kier molecular flexibility index (Phi) is 3.20. The SMILES string of the molecule is Cc1ncccc1NC1CC(c2ccc(F)cc2)C1. The molecule has 19 heavy (non-hydrogen) atoms. The average Bonchev–Trinajstić information content (AvgIpc) is 2.37. The van der Waals surface area contributed by atoms with Gasteiger partial charge in [0.1, 0.15) is 5.82 Å². The number of rotatable bonds is 3. The lowest BCUT2D eigenvalue weighted by molar-refractivity contribution is 0.373. The fraction of sp³-hybridized carbons (Fsp3) is 0.312. The molecule has 3 rings (SSSR count). The summed E-state index contributed by atoms with van der Waals surface area (Å²) in [6.07, 6.45) is 4.00. The third-order valence-corrected chi connectivity index (χ3v) is 3.85. The number of aryl methyl sites for hydroxylation is 1. The summed E-state index contributed by atoms with van der Waals surface area (Å²) in [5.74, 6) is 0.388. The molecule has 1 fully saturated rings. The van der Waals surface area contributed by atoms with Crippen LogP contribution in [0.25, 0.3) is 0 Å². The van der Waals surface area contributed by atoms with Crippen molar-refractivity contribution >= 4 is 5.69 Å². The quantitative estimate of drug-likeness (QED) is 0.901. The largest absolute Gasteiger partial charge is 0.381 e. The maximum absolute atomic E-state index is 12.9. The van der Waals surface area contributed by atoms with Gasteiger partial charge in [-0.2, -0.15) is 0 Å². The van der Waals surface area contributed by atoms with Gasteiger partial charge in [0.15, 0.2) is 0 Å². The van der Waals surface area contributed by atoms with Crippen LogP contribution in [0.4, 0.5) is 10.1 Å². The van der Waals surface area contributed by atoms with Gasteiger partial charge in [0.25, 0.3) is 0 Å². The Morgan fingerprint density at radius 1 is 1.16 bits per heavy atom. The normalized spacial score (nSPS) is 21.8. The number of pyridine rings is 1. The van der Waals surface area contributed by atoms with Crippen LogP contribution in [0.1, 0.15) is 30.0 Å². The van der Waals surface area contributed by atoms with Crippen LogP contribution in [-0.2, 0) is 0 Å². The van der Waals surface area contributed by atoms with Crippen molar-refractivity contribution in [2.75, 3.05) is 5.32 Å². The zero-order valence-corrected chi connectivity index (χ0v) is 10.9. The van der Waals surface area contributed by atoms with Gasteiger partial charge in [-0.25, -0.2) is 4.39 Å². The number of aromatic nitrogens is 1. The lowest BCUT2D eigenvalue weighted by Gasteiger charge is -2.37. The fourth-order valence-corrected chi connectivity index (χ4v) is 2.60. The number of halogens is 1. The highest BCUT2D eigenvalue weighted by molar-refractivity contribution is 5.48. The van der Waals surface area contributed by atoms with E-state index in [1.807, 2.05) is 31.3 Å². The second-order valence-electron chi connectivity index (χ2n) is 5.20. The van der Waals surface area contributed by atoms with Crippen LogP contribution in [0.5, 0.6) is 0 Å². The minimum absolute atomic E-state index is 0.163. The Morgan fingerprint density at radius 3 is 2.58 bits per heavy atom. The third-order valence-electron chi connectivity index (χ3n) is 3.85. The summed E-state index contributed by atoms with van der Waals surface area (Å²) >= 11 is 0. The van der Waals surface area contributed by atoms with Crippen LogP contribution in [0.2, 0.25) is 0 Å². The lowest BCUT2D eigenvalue weighted by atomic mass is 9.76. The second kappa shape index (κ2) is 5.00. The van der Waals surface area contributed by atoms with Gasteiger partial charge in [-0.3, -0.25) is 4.98 Å². The number of hydrogen-bond acceptors (Lipinski definition) is 2. The molecule has 0 atom stereocenters. The Bertz CT molecular complexity index is 559. The Hall–Kier alpha value is -1.90. The second-order valence-corrected chi connectivity index (χ2v) is 5.20. The predicted molar refractivity (Wildman–Crippen MR) is 74.8 cm³/mol. The highest BCUT2D eigenvalue weighted by atomic mass is 19.1. The van der Waals surface area contributed by atoms with E-state index in [9.17, 15) is 4.39 Å². The highest BCUT2D eigenvalue weighted by Gasteiger charge is 2.30. The van der Waals surface area contributed by atoms with E-state index < -0.39 is 0 Å². The van der Waals surface area contributed by atoms with E-state index in [0.717, 1.165) is 24.2 Å². The number of hydrogen-bond donors (Lipinski definition) is 1. The Balaban J connectivity index is 1.58. The zero-order chi connectivity index (χ0) is 13.2. The number of nitrogens with one attached hydrogen (secondary N) is 1. The standard InChI is InChI=1S/C16H17FN2/c1-11-16(3-2-8-18-11)19-15-9-13(10-15)12-4-6-14(17)7-5-12/h2-8,13,15,19H,9-10H2,1H3. The topological polar surface area (TPSA) is 24.9 Å². The monoisotopic (exact) mass is 256 g/mol. The van der Waals surface area contributed by atoms with E-state index >= 15 is 0 Å². The molecule has 1 aromatic heterocycles. The van der Waals surface area contributed by atoms with Crippen LogP contribution in [0.15, 0.2) is 42.6 Å². The fourth-order valence-electron chi connectivity index (χ4n) is 2.60. The summed E-state index contributed by atoms with van der Waals surface area (Å²) in [5.41, 5.74) is 3.39. The molecule has 1 saturated carbocycles. The Labute approximate surface area is 112 Å². The van der Waals surface area contributed by atoms with E-state index in [1.165, 1.54) is 5.56 Å². The minimum Gasteiger partial charge on any atom is -0.381 e. The maximum Gasteiger partial charge on any atom is 0.123 e. The smallest absolute Gasteiger partial charge is 0.123 e. The highest BCUT2D eigenvalue weighted by Crippen LogP contribution is 2.38. The number of nitrogens with zero attached hydrogens (tertiary/aromatic N) is 1. The maximum atomic E-state index is 12.9. The van der Waals surface area contributed by atoms with Crippen molar-refractivity contribution in [3.63, 3.8) is 0 Å². The van der Waals surface area contributed by atoms with Gasteiger partial charge in [0, 0.05) is 12.2 Å². The van der Waals surface area contributed by atoms with Gasteiger partial charge in [-0.05, 0) is 55.5 Å². The average molecular weight is 256 g/mol. The van der Waals surface area contributed by atoms with E-state index in [4.69, 9.17) is 0 Å². The van der Waals surface area contributed by atoms with Gasteiger partial charge in [0.2, 0.25) is 0 Å². The van der Waals surface area contributed by atoms with Crippen molar-refractivity contribution in [2.24, 2.45) is 0 Å². The molecule has 98 valence electrons. The Morgan fingerprint density at radius 2 is 1.89 bits per heavy atom. The van der Waals surface area contributed by atoms with E-state index in [1.54, 1.807) is 12.1 Å². The molecule has 1 N–H and O–H groups in total. The van der Waals surface area contributed by atoms with Crippen molar-refractivity contribution < 1.29 is 4.39 Å². The molecule has 0 radical (unpaired) electrons. The molecule has 0 aliphatic heterocycles. The van der Waals surface area contributed by atoms with Crippen molar-refractivity contribution in [3.8, 4) is 0 Å². The molecule has 0 spiro atoms. The number of anilines is 1. The van der Waals surface area contributed by atoms with Gasteiger partial charge >= 0.3 is 0 Å². The molecular weight excluding hydrogens is 239 g/mol. The molecule has 1 aliphatic rings. The van der Waals surface area contributed by atoms with Gasteiger partial charge in [0.05, 0.1) is 11.4 Å². The number of benzene rings is 1. The molecule has 0 amide bonds. The van der Waals surface area contributed by atoms with Gasteiger partial charge in [-0.15, -0.1) is 0 Å². The van der Waals surface area contributed by atoms with E-state index in [0.29, 0.717) is 12.0 Å². The lowest BCUT2D eigenvalue weighted by Crippen LogP contribution is -2.34. The van der Waals surface area contributed by atoms with Crippen molar-refractivity contribution in [3.05, 3.63) is 59.7 Å². The summed E-state index contributed by atoms with van der Waals surface area (Å²) in [5, 5.41) is 3.52. The third kappa shape index (κ3) is 2.60. The van der Waals surface area contributed by atoms with E-state index in [-0.39, 0.29) is 5.82 Å². The summed E-state index contributed by atoms with van der Waals surface area (Å²) in [6, 6.07) is 11.4. The van der Waals surface area contributed by atoms with Crippen molar-refractivity contribution in [1.82, 2.24) is 4.98 Å². The van der Waals surface area contributed by atoms with Crippen LogP contribution in [0, 0.1) is 12.7 Å². The summed E-state index contributed by atoms with van der Waals surface area (Å²) in [7, 11) is 0. The van der Waals surface area contributed by atoms with Crippen LogP contribution >= 0.6 is 0 Å². The van der Waals surface area contributed by atoms with Crippen LogP contribution in [-0.4, -0.2) is 11.0 Å². The first-order valence-corrected chi connectivity index (χ1v) is 6.66. The first-order valence-electron chi connectivity index (χ1n) is 6.66. The molecule has 3 heteroatoms. The summed E-state index contributed by atoms with van der Waals surface area (Å²) < 4.78 is 12.9. The molecule has 1 aromatic carbocycles. The van der Waals surface area contributed by atoms with Gasteiger partial charge in [-0.1, -0.05) is 12.1 Å². The summed E-state index contributed by atoms with van der Waals surface area (Å²) in [6.45, 7) is 2.01. The summed E-state index contributed by atoms with van der Waals surface area (Å²) in [4.78, 5) is 4.27. The first kappa shape index (κ1) is 12.2. The van der Waals surface area contributed by atoms with Crippen molar-refractivity contribution in [1.29, 1.82) is 0 Å². The predicted octanol–water partition coefficient (Wildman–Crippen LogP) is 3.89. The van der Waals surface area contributed by atoms with Gasteiger partial charge < -0.3 is 5.32 Å². The molecule has 0 saturated heterocycles. The first-order chi connectivity index (χ1) is 9.22. The molecule has 0 unspecified atom stereocenters. The van der Waals surface area contributed by atoms with Crippen molar-refractivity contribution in [2.45, 2.75) is 31.7 Å². The molecule has 1 aliphatic carbocycles. The molecule has 0 bridgehead atoms. The molecule has 2 aromatic rings. The molecule has 2 nitrogen and oxygen atoms in total. The van der Waals surface area contributed by atoms with E-state index in [2.05, 4.69) is 16.4 Å². The molecular formula is C16H17FN2. The van der Waals surface area contributed by atoms with Crippen LogP contribution < -0.4 is 5.32 Å².